The van der Waals surface area contributed by atoms with Crippen LogP contribution in [0.3, 0.4) is 0 Å². The van der Waals surface area contributed by atoms with Gasteiger partial charge in [0.15, 0.2) is 5.16 Å². The van der Waals surface area contributed by atoms with Crippen molar-refractivity contribution >= 4 is 22.7 Å². The first-order valence-electron chi connectivity index (χ1n) is 9.50. The quantitative estimate of drug-likeness (QED) is 0.260. The summed E-state index contributed by atoms with van der Waals surface area (Å²) >= 11 is 1.47. The summed E-state index contributed by atoms with van der Waals surface area (Å²) in [5.74, 6) is 1.46. The standard InChI is InChI=1S/C24H19N3O2S/c1-17-5-4-6-20(15-17)29-13-14-30-24-26-22-8-3-2-7-21(22)23(28)27(24)19-11-9-18(16-25)10-12-19/h2-12,15H,13-14H2,1H3. The van der Waals surface area contributed by atoms with Crippen molar-refractivity contribution < 1.29 is 4.74 Å². The number of ether oxygens (including phenoxy) is 1. The third kappa shape index (κ3) is 4.22. The fourth-order valence-corrected chi connectivity index (χ4v) is 3.95. The fraction of sp³-hybridized carbons (Fsp3) is 0.125. The first-order valence-corrected chi connectivity index (χ1v) is 10.5. The third-order valence-electron chi connectivity index (χ3n) is 4.57. The lowest BCUT2D eigenvalue weighted by Gasteiger charge is -2.13. The first-order chi connectivity index (χ1) is 14.7. The van der Waals surface area contributed by atoms with E-state index >= 15 is 0 Å². The molecule has 148 valence electrons. The van der Waals surface area contributed by atoms with Crippen LogP contribution in [0.5, 0.6) is 5.75 Å². The highest BCUT2D eigenvalue weighted by molar-refractivity contribution is 7.99. The van der Waals surface area contributed by atoms with Crippen LogP contribution in [0.15, 0.2) is 82.7 Å². The average Bonchev–Trinajstić information content (AvgIpc) is 2.77. The van der Waals surface area contributed by atoms with Gasteiger partial charge in [0.2, 0.25) is 0 Å². The molecule has 0 unspecified atom stereocenters. The Hall–Kier alpha value is -3.56. The number of rotatable bonds is 6. The van der Waals surface area contributed by atoms with Crippen LogP contribution in [0.4, 0.5) is 0 Å². The maximum Gasteiger partial charge on any atom is 0.266 e. The van der Waals surface area contributed by atoms with Gasteiger partial charge >= 0.3 is 0 Å². The fourth-order valence-electron chi connectivity index (χ4n) is 3.12. The number of fused-ring (bicyclic) bond motifs is 1. The smallest absolute Gasteiger partial charge is 0.266 e. The number of para-hydroxylation sites is 1. The number of thioether (sulfide) groups is 1. The Morgan fingerprint density at radius 1 is 1.07 bits per heavy atom. The number of aromatic nitrogens is 2. The van der Waals surface area contributed by atoms with Crippen molar-refractivity contribution in [2.75, 3.05) is 12.4 Å². The van der Waals surface area contributed by atoms with Gasteiger partial charge in [0, 0.05) is 5.75 Å². The molecule has 0 amide bonds. The summed E-state index contributed by atoms with van der Waals surface area (Å²) in [6.45, 7) is 2.51. The molecule has 4 rings (SSSR count). The van der Waals surface area contributed by atoms with E-state index in [1.165, 1.54) is 11.8 Å². The maximum atomic E-state index is 13.2. The Labute approximate surface area is 178 Å². The van der Waals surface area contributed by atoms with Gasteiger partial charge in [-0.05, 0) is 61.0 Å². The monoisotopic (exact) mass is 413 g/mol. The van der Waals surface area contributed by atoms with Gasteiger partial charge in [0.05, 0.1) is 34.8 Å². The largest absolute Gasteiger partial charge is 0.493 e. The average molecular weight is 414 g/mol. The van der Waals surface area contributed by atoms with E-state index in [0.717, 1.165) is 11.3 Å². The van der Waals surface area contributed by atoms with Crippen molar-refractivity contribution in [3.8, 4) is 17.5 Å². The molecular weight excluding hydrogens is 394 g/mol. The molecule has 4 aromatic rings. The summed E-state index contributed by atoms with van der Waals surface area (Å²) in [6, 6.07) is 24.3. The minimum absolute atomic E-state index is 0.132. The zero-order valence-corrected chi connectivity index (χ0v) is 17.2. The molecule has 1 heterocycles. The number of hydrogen-bond acceptors (Lipinski definition) is 5. The lowest BCUT2D eigenvalue weighted by atomic mass is 10.2. The van der Waals surface area contributed by atoms with Crippen LogP contribution < -0.4 is 10.3 Å². The highest BCUT2D eigenvalue weighted by atomic mass is 32.2. The molecule has 5 nitrogen and oxygen atoms in total. The summed E-state index contributed by atoms with van der Waals surface area (Å²) in [4.78, 5) is 17.9. The van der Waals surface area contributed by atoms with Crippen molar-refractivity contribution in [2.45, 2.75) is 12.1 Å². The molecule has 0 fully saturated rings. The van der Waals surface area contributed by atoms with Crippen LogP contribution in [0, 0.1) is 18.3 Å². The predicted molar refractivity (Wildman–Crippen MR) is 119 cm³/mol. The predicted octanol–water partition coefficient (Wildman–Crippen LogP) is 4.74. The molecule has 0 spiro atoms. The minimum Gasteiger partial charge on any atom is -0.493 e. The molecule has 3 aromatic carbocycles. The molecule has 1 aromatic heterocycles. The van der Waals surface area contributed by atoms with Crippen LogP contribution in [-0.4, -0.2) is 21.9 Å². The highest BCUT2D eigenvalue weighted by Crippen LogP contribution is 2.22. The second kappa shape index (κ2) is 8.85. The van der Waals surface area contributed by atoms with E-state index in [1.54, 1.807) is 34.9 Å². The molecule has 6 heteroatoms. The van der Waals surface area contributed by atoms with Crippen LogP contribution in [-0.2, 0) is 0 Å². The zero-order chi connectivity index (χ0) is 20.9. The molecule has 0 saturated carbocycles. The van der Waals surface area contributed by atoms with Crippen LogP contribution >= 0.6 is 11.8 Å². The van der Waals surface area contributed by atoms with E-state index < -0.39 is 0 Å². The molecule has 0 N–H and O–H groups in total. The Balaban J connectivity index is 1.63. The van der Waals surface area contributed by atoms with Crippen LogP contribution in [0.1, 0.15) is 11.1 Å². The summed E-state index contributed by atoms with van der Waals surface area (Å²) in [5, 5.41) is 10.2. The minimum atomic E-state index is -0.132. The van der Waals surface area contributed by atoms with Gasteiger partial charge in [-0.15, -0.1) is 0 Å². The second-order valence-electron chi connectivity index (χ2n) is 6.72. The maximum absolute atomic E-state index is 13.2. The molecule has 0 atom stereocenters. The number of nitrogens with zero attached hydrogens (tertiary/aromatic N) is 3. The van der Waals surface area contributed by atoms with Crippen LogP contribution in [0.2, 0.25) is 0 Å². The van der Waals surface area contributed by atoms with E-state index in [-0.39, 0.29) is 5.56 Å². The van der Waals surface area contributed by atoms with Crippen molar-refractivity contribution in [3.63, 3.8) is 0 Å². The van der Waals surface area contributed by atoms with E-state index in [1.807, 2.05) is 49.4 Å². The van der Waals surface area contributed by atoms with E-state index in [9.17, 15) is 4.79 Å². The van der Waals surface area contributed by atoms with E-state index in [0.29, 0.717) is 39.7 Å². The SMILES string of the molecule is Cc1cccc(OCCSc2nc3ccccc3c(=O)n2-c2ccc(C#N)cc2)c1. The first kappa shape index (κ1) is 19.7. The van der Waals surface area contributed by atoms with Gasteiger partial charge in [-0.25, -0.2) is 4.98 Å². The molecule has 0 radical (unpaired) electrons. The van der Waals surface area contributed by atoms with E-state index in [4.69, 9.17) is 15.0 Å². The lowest BCUT2D eigenvalue weighted by Crippen LogP contribution is -2.22. The van der Waals surface area contributed by atoms with Crippen molar-refractivity contribution in [1.29, 1.82) is 5.26 Å². The topological polar surface area (TPSA) is 67.9 Å². The van der Waals surface area contributed by atoms with Crippen molar-refractivity contribution in [1.82, 2.24) is 9.55 Å². The summed E-state index contributed by atoms with van der Waals surface area (Å²) in [5.41, 5.74) is 2.90. The second-order valence-corrected chi connectivity index (χ2v) is 7.79. The number of hydrogen-bond donors (Lipinski definition) is 0. The Kier molecular flexibility index (Phi) is 5.82. The summed E-state index contributed by atoms with van der Waals surface area (Å²) in [6.07, 6.45) is 0. The van der Waals surface area contributed by atoms with Gasteiger partial charge in [-0.2, -0.15) is 5.26 Å². The summed E-state index contributed by atoms with van der Waals surface area (Å²) < 4.78 is 7.43. The molecule has 0 aliphatic heterocycles. The molecule has 0 bridgehead atoms. The van der Waals surface area contributed by atoms with Crippen LogP contribution in [0.25, 0.3) is 16.6 Å². The van der Waals surface area contributed by atoms with Gasteiger partial charge in [0.25, 0.3) is 5.56 Å². The normalized spacial score (nSPS) is 10.7. The van der Waals surface area contributed by atoms with Gasteiger partial charge in [-0.1, -0.05) is 36.0 Å². The summed E-state index contributed by atoms with van der Waals surface area (Å²) in [7, 11) is 0. The third-order valence-corrected chi connectivity index (χ3v) is 5.48. The Morgan fingerprint density at radius 2 is 1.87 bits per heavy atom. The highest BCUT2D eigenvalue weighted by Gasteiger charge is 2.13. The number of benzene rings is 3. The van der Waals surface area contributed by atoms with Gasteiger partial charge < -0.3 is 4.74 Å². The van der Waals surface area contributed by atoms with Gasteiger partial charge in [-0.3, -0.25) is 9.36 Å². The molecule has 30 heavy (non-hydrogen) atoms. The Morgan fingerprint density at radius 3 is 2.63 bits per heavy atom. The lowest BCUT2D eigenvalue weighted by molar-refractivity contribution is 0.343. The van der Waals surface area contributed by atoms with Crippen molar-refractivity contribution in [3.05, 3.63) is 94.3 Å². The Bertz CT molecular complexity index is 1290. The molecule has 0 aliphatic carbocycles. The molecule has 0 aliphatic rings. The zero-order valence-electron chi connectivity index (χ0n) is 16.4. The number of nitriles is 1. The van der Waals surface area contributed by atoms with E-state index in [2.05, 4.69) is 6.07 Å². The molecule has 0 saturated heterocycles. The molecular formula is C24H19N3O2S. The number of aryl methyl sites for hydroxylation is 1. The van der Waals surface area contributed by atoms with Gasteiger partial charge in [0.1, 0.15) is 5.75 Å². The van der Waals surface area contributed by atoms with Crippen molar-refractivity contribution in [2.24, 2.45) is 0 Å².